The summed E-state index contributed by atoms with van der Waals surface area (Å²) in [6, 6.07) is 20.2. The topological polar surface area (TPSA) is 86.0 Å². The first kappa shape index (κ1) is 30.3. The molecule has 0 spiro atoms. The van der Waals surface area contributed by atoms with Gasteiger partial charge in [0.2, 0.25) is 5.95 Å². The fourth-order valence-electron chi connectivity index (χ4n) is 6.77. The number of hydrogen-bond donors (Lipinski definition) is 2. The lowest BCUT2D eigenvalue weighted by atomic mass is 9.73. The Hall–Kier alpha value is -4.69. The number of benzene rings is 2. The molecule has 2 N–H and O–H groups in total. The largest absolute Gasteiger partial charge is 0.395 e. The van der Waals surface area contributed by atoms with Crippen LogP contribution in [0.5, 0.6) is 0 Å². The summed E-state index contributed by atoms with van der Waals surface area (Å²) in [4.78, 5) is 22.6. The van der Waals surface area contributed by atoms with E-state index in [9.17, 15) is 9.90 Å². The van der Waals surface area contributed by atoms with Crippen molar-refractivity contribution < 1.29 is 9.90 Å². The van der Waals surface area contributed by atoms with E-state index in [0.29, 0.717) is 11.5 Å². The monoisotopic (exact) mass is 602 g/mol. The van der Waals surface area contributed by atoms with E-state index in [-0.39, 0.29) is 24.0 Å². The highest BCUT2D eigenvalue weighted by Crippen LogP contribution is 2.37. The number of likely N-dealkylation sites (tertiary alicyclic amines) is 1. The Morgan fingerprint density at radius 1 is 1.09 bits per heavy atom. The molecule has 45 heavy (non-hydrogen) atoms. The average molecular weight is 603 g/mol. The van der Waals surface area contributed by atoms with Gasteiger partial charge < -0.3 is 20.2 Å². The Balaban J connectivity index is 1.15. The molecule has 2 aromatic heterocycles. The van der Waals surface area contributed by atoms with Crippen LogP contribution < -0.4 is 10.2 Å². The fraction of sp³-hybridized carbons (Fsp3) is 0.324. The van der Waals surface area contributed by atoms with E-state index in [2.05, 4.69) is 65.2 Å². The molecule has 0 bridgehead atoms. The van der Waals surface area contributed by atoms with E-state index in [4.69, 9.17) is 4.98 Å². The van der Waals surface area contributed by atoms with Gasteiger partial charge in [0.25, 0.3) is 5.91 Å². The van der Waals surface area contributed by atoms with Gasteiger partial charge in [-0.15, -0.1) is 5.10 Å². The molecule has 2 aliphatic heterocycles. The van der Waals surface area contributed by atoms with Gasteiger partial charge in [-0.1, -0.05) is 60.7 Å². The lowest BCUT2D eigenvalue weighted by Gasteiger charge is -2.42. The molecule has 8 nitrogen and oxygen atoms in total. The smallest absolute Gasteiger partial charge is 0.254 e. The maximum absolute atomic E-state index is 13.5. The highest BCUT2D eigenvalue weighted by molar-refractivity contribution is 5.95. The van der Waals surface area contributed by atoms with Gasteiger partial charge in [-0.3, -0.25) is 4.79 Å². The molecule has 1 unspecified atom stereocenters. The fourth-order valence-corrected chi connectivity index (χ4v) is 6.77. The number of nitrogens with zero attached hydrogens (tertiary/aromatic N) is 5. The van der Waals surface area contributed by atoms with Gasteiger partial charge in [-0.25, -0.2) is 4.52 Å². The first-order valence-corrected chi connectivity index (χ1v) is 15.9. The minimum Gasteiger partial charge on any atom is -0.395 e. The van der Waals surface area contributed by atoms with Gasteiger partial charge >= 0.3 is 0 Å². The van der Waals surface area contributed by atoms with Crippen molar-refractivity contribution in [2.75, 3.05) is 36.5 Å². The van der Waals surface area contributed by atoms with Crippen molar-refractivity contribution in [3.63, 3.8) is 0 Å². The predicted octanol–water partition coefficient (Wildman–Crippen LogP) is 6.60. The van der Waals surface area contributed by atoms with Crippen LogP contribution in [0.15, 0.2) is 103 Å². The maximum atomic E-state index is 13.5. The number of aliphatic hydroxyl groups is 1. The van der Waals surface area contributed by atoms with Crippen molar-refractivity contribution in [2.45, 2.75) is 51.0 Å². The van der Waals surface area contributed by atoms with Gasteiger partial charge in [0.05, 0.1) is 18.3 Å². The van der Waals surface area contributed by atoms with Crippen molar-refractivity contribution in [3.05, 3.63) is 120 Å². The number of nitrogens with one attached hydrogen (secondary N) is 1. The summed E-state index contributed by atoms with van der Waals surface area (Å²) in [6.45, 7) is 10.4. The van der Waals surface area contributed by atoms with Gasteiger partial charge in [-0.2, -0.15) is 4.98 Å². The van der Waals surface area contributed by atoms with Crippen LogP contribution in [-0.2, 0) is 5.41 Å². The molecule has 0 saturated carbocycles. The first-order valence-electron chi connectivity index (χ1n) is 15.9. The Labute approximate surface area is 265 Å². The maximum Gasteiger partial charge on any atom is 0.254 e. The van der Waals surface area contributed by atoms with Crippen molar-refractivity contribution in [3.8, 4) is 0 Å². The first-order chi connectivity index (χ1) is 21.9. The summed E-state index contributed by atoms with van der Waals surface area (Å²) in [5.74, 6) is 0.529. The van der Waals surface area contributed by atoms with Crippen LogP contribution in [0.1, 0.15) is 54.1 Å². The molecular weight excluding hydrogens is 560 g/mol. The molecular formula is C37H42N6O2. The minimum atomic E-state index is -0.226. The Bertz CT molecular complexity index is 1710. The summed E-state index contributed by atoms with van der Waals surface area (Å²) in [5.41, 5.74) is 6.59. The summed E-state index contributed by atoms with van der Waals surface area (Å²) in [5, 5.41) is 18.4. The average Bonchev–Trinajstić information content (AvgIpc) is 3.72. The van der Waals surface area contributed by atoms with Crippen LogP contribution in [0.2, 0.25) is 0 Å². The number of piperidine rings is 1. The Morgan fingerprint density at radius 2 is 1.84 bits per heavy atom. The van der Waals surface area contributed by atoms with Crippen LogP contribution in [-0.4, -0.2) is 62.8 Å². The van der Waals surface area contributed by atoms with E-state index in [0.717, 1.165) is 67.9 Å². The molecule has 0 aliphatic carbocycles. The van der Waals surface area contributed by atoms with E-state index >= 15 is 0 Å². The number of pyridine rings is 1. The predicted molar refractivity (Wildman–Crippen MR) is 181 cm³/mol. The molecule has 4 aromatic rings. The van der Waals surface area contributed by atoms with Gasteiger partial charge in [-0.05, 0) is 87.1 Å². The number of aromatic nitrogens is 3. The normalized spacial score (nSPS) is 18.6. The zero-order chi connectivity index (χ0) is 31.4. The third kappa shape index (κ3) is 6.15. The molecule has 1 atom stereocenters. The number of rotatable bonds is 9. The third-order valence-electron chi connectivity index (χ3n) is 9.33. The van der Waals surface area contributed by atoms with Crippen LogP contribution in [0.4, 0.5) is 17.3 Å². The molecule has 2 aromatic carbocycles. The lowest BCUT2D eigenvalue weighted by Crippen LogP contribution is -2.45. The summed E-state index contributed by atoms with van der Waals surface area (Å²) in [7, 11) is 0. The summed E-state index contributed by atoms with van der Waals surface area (Å²) >= 11 is 0. The van der Waals surface area contributed by atoms with Crippen LogP contribution in [0, 0.1) is 6.92 Å². The van der Waals surface area contributed by atoms with Crippen molar-refractivity contribution in [2.24, 2.45) is 0 Å². The number of amides is 1. The second-order valence-electron chi connectivity index (χ2n) is 12.1. The van der Waals surface area contributed by atoms with Crippen LogP contribution in [0.3, 0.4) is 0 Å². The van der Waals surface area contributed by atoms with E-state index in [1.54, 1.807) is 10.6 Å². The molecule has 8 heteroatoms. The highest BCUT2D eigenvalue weighted by atomic mass is 16.3. The van der Waals surface area contributed by atoms with E-state index < -0.39 is 0 Å². The molecule has 1 amide bonds. The lowest BCUT2D eigenvalue weighted by molar-refractivity contribution is 0.0757. The quantitative estimate of drug-likeness (QED) is 0.210. The zero-order valence-corrected chi connectivity index (χ0v) is 26.2. The Morgan fingerprint density at radius 3 is 2.53 bits per heavy atom. The highest BCUT2D eigenvalue weighted by Gasteiger charge is 2.36. The van der Waals surface area contributed by atoms with E-state index in [1.165, 1.54) is 11.1 Å². The second kappa shape index (κ2) is 13.1. The number of aliphatic hydroxyl groups excluding tert-OH is 1. The van der Waals surface area contributed by atoms with E-state index in [1.807, 2.05) is 60.5 Å². The molecule has 232 valence electrons. The molecule has 2 fully saturated rings. The Kier molecular flexibility index (Phi) is 8.85. The standard InChI is InChI=1S/C37H42N6O2/c1-4-8-28(9-5-2)32-10-6-22-42(32)35(45)29-14-18-31(19-15-29)38-36-39-34-33(11-7-23-43(34)40-36)41-24-20-37(26-44,21-25-41)30-16-12-27(3)13-17-30/h4-5,7-9,11-19,23,32,44H,1,6,10,20-22,24-26H2,2-3H3,(H,38,40)/b9-5-,28-8+. The van der Waals surface area contributed by atoms with Gasteiger partial charge in [0.1, 0.15) is 0 Å². The second-order valence-corrected chi connectivity index (χ2v) is 12.1. The molecule has 4 heterocycles. The number of fused-ring (bicyclic) bond motifs is 1. The molecule has 2 aliphatic rings. The SMILES string of the molecule is C=C/C=C(\C=C/C)C1CCCN1C(=O)c1ccc(Nc2nc3c(N4CCC(CO)(c5ccc(C)cc5)CC4)cccn3n2)cc1. The molecule has 0 radical (unpaired) electrons. The van der Waals surface area contributed by atoms with Gasteiger partial charge in [0.15, 0.2) is 5.65 Å². The zero-order valence-electron chi connectivity index (χ0n) is 26.2. The summed E-state index contributed by atoms with van der Waals surface area (Å²) in [6.07, 6.45) is 13.4. The molecule has 6 rings (SSSR count). The van der Waals surface area contributed by atoms with Crippen LogP contribution >= 0.6 is 0 Å². The number of carbonyl (C=O) groups is 1. The third-order valence-corrected chi connectivity index (χ3v) is 9.33. The van der Waals surface area contributed by atoms with Gasteiger partial charge in [0, 0.05) is 42.5 Å². The number of carbonyl (C=O) groups excluding carboxylic acids is 1. The van der Waals surface area contributed by atoms with Crippen molar-refractivity contribution in [1.29, 1.82) is 0 Å². The number of hydrogen-bond acceptors (Lipinski definition) is 6. The molecule has 2 saturated heterocycles. The summed E-state index contributed by atoms with van der Waals surface area (Å²) < 4.78 is 1.80. The van der Waals surface area contributed by atoms with Crippen molar-refractivity contribution >= 4 is 28.9 Å². The van der Waals surface area contributed by atoms with Crippen LogP contribution in [0.25, 0.3) is 5.65 Å². The minimum absolute atomic E-state index is 0.0353. The number of anilines is 3. The van der Waals surface area contributed by atoms with Crippen molar-refractivity contribution in [1.82, 2.24) is 19.5 Å². The number of aryl methyl sites for hydroxylation is 1. The number of allylic oxidation sites excluding steroid dienone is 3.